The van der Waals surface area contributed by atoms with E-state index in [1.807, 2.05) is 0 Å². The fraction of sp³-hybridized carbons (Fsp3) is 0.923. The van der Waals surface area contributed by atoms with Gasteiger partial charge in [-0.05, 0) is 50.4 Å². The van der Waals surface area contributed by atoms with Crippen molar-refractivity contribution in [3.63, 3.8) is 0 Å². The second-order valence-electron chi connectivity index (χ2n) is 10.0. The summed E-state index contributed by atoms with van der Waals surface area (Å²) in [5, 5.41) is 0. The summed E-state index contributed by atoms with van der Waals surface area (Å²) in [6.45, 7) is 9.79. The van der Waals surface area contributed by atoms with Gasteiger partial charge in [0.25, 0.3) is 0 Å². The quantitative estimate of drug-likeness (QED) is 0.174. The maximum Gasteiger partial charge on any atom is 0.508 e. The Morgan fingerprint density at radius 3 is 1.28 bits per heavy atom. The molecule has 0 bridgehead atoms. The highest BCUT2D eigenvalue weighted by Crippen LogP contribution is 2.24. The summed E-state index contributed by atoms with van der Waals surface area (Å²) in [7, 11) is 0. The van der Waals surface area contributed by atoms with Crippen LogP contribution in [0.25, 0.3) is 0 Å². The van der Waals surface area contributed by atoms with Gasteiger partial charge in [0.15, 0.2) is 0 Å². The molecule has 0 aliphatic heterocycles. The largest absolute Gasteiger partial charge is 0.508 e. The average Bonchev–Trinajstić information content (AvgIpc) is 2.73. The predicted octanol–water partition coefficient (Wildman–Crippen LogP) is 7.82. The predicted molar refractivity (Wildman–Crippen MR) is 127 cm³/mol. The third-order valence-corrected chi connectivity index (χ3v) is 5.94. The normalized spacial score (nSPS) is 18.6. The molecule has 188 valence electrons. The number of carbonyl (C=O) groups is 2. The lowest BCUT2D eigenvalue weighted by Gasteiger charge is -2.27. The molecule has 0 aromatic heterocycles. The third-order valence-electron chi connectivity index (χ3n) is 5.94. The lowest BCUT2D eigenvalue weighted by Crippen LogP contribution is -2.30. The lowest BCUT2D eigenvalue weighted by molar-refractivity contribution is -0.0271. The molecular weight excluding hydrogens is 408 g/mol. The topological polar surface area (TPSA) is 71.1 Å². The van der Waals surface area contributed by atoms with E-state index in [0.717, 1.165) is 37.5 Å². The van der Waals surface area contributed by atoms with Crippen molar-refractivity contribution in [2.24, 2.45) is 11.8 Å². The molecule has 1 fully saturated rings. The van der Waals surface area contributed by atoms with Crippen molar-refractivity contribution >= 4 is 12.3 Å². The molecule has 1 saturated carbocycles. The minimum absolute atomic E-state index is 0.157. The second kappa shape index (κ2) is 18.0. The maximum absolute atomic E-state index is 11.8. The highest BCUT2D eigenvalue weighted by atomic mass is 16.7. The first-order valence-electron chi connectivity index (χ1n) is 13.0. The molecule has 1 rings (SSSR count). The second-order valence-corrected chi connectivity index (χ2v) is 10.0. The summed E-state index contributed by atoms with van der Waals surface area (Å²) in [6.07, 6.45) is 12.5. The van der Waals surface area contributed by atoms with Gasteiger partial charge in [-0.3, -0.25) is 0 Å². The number of unbranched alkanes of at least 4 members (excludes halogenated alkanes) is 6. The van der Waals surface area contributed by atoms with Crippen LogP contribution in [0, 0.1) is 11.8 Å². The Morgan fingerprint density at radius 2 is 0.938 bits per heavy atom. The summed E-state index contributed by atoms with van der Waals surface area (Å²) < 4.78 is 21.2. The van der Waals surface area contributed by atoms with E-state index in [1.54, 1.807) is 0 Å². The first kappa shape index (κ1) is 28.6. The van der Waals surface area contributed by atoms with Crippen molar-refractivity contribution in [3.05, 3.63) is 0 Å². The molecule has 0 amide bonds. The number of ether oxygens (including phenoxy) is 4. The minimum Gasteiger partial charge on any atom is -0.434 e. The van der Waals surface area contributed by atoms with Crippen LogP contribution < -0.4 is 0 Å². The Hall–Kier alpha value is -1.46. The maximum atomic E-state index is 11.8. The number of hydrogen-bond donors (Lipinski definition) is 0. The van der Waals surface area contributed by atoms with Crippen LogP contribution >= 0.6 is 0 Å². The van der Waals surface area contributed by atoms with Gasteiger partial charge in [-0.25, -0.2) is 9.59 Å². The van der Waals surface area contributed by atoms with E-state index in [9.17, 15) is 9.59 Å². The summed E-state index contributed by atoms with van der Waals surface area (Å²) >= 11 is 0. The smallest absolute Gasteiger partial charge is 0.434 e. The van der Waals surface area contributed by atoms with E-state index in [2.05, 4.69) is 27.7 Å². The van der Waals surface area contributed by atoms with E-state index in [1.165, 1.54) is 38.5 Å². The standard InChI is InChI=1S/C26H48O6/c1-21(2)13-9-5-7-11-19-29-25(27)31-23-15-17-24(18-16-23)32-26(28)30-20-12-8-6-10-14-22(3)4/h21-24H,5-20H2,1-4H3. The molecule has 0 spiro atoms. The zero-order valence-electron chi connectivity index (χ0n) is 21.1. The van der Waals surface area contributed by atoms with Crippen LogP contribution in [0.1, 0.15) is 118 Å². The Balaban J connectivity index is 1.98. The van der Waals surface area contributed by atoms with Crippen molar-refractivity contribution in [3.8, 4) is 0 Å². The molecule has 0 aromatic rings. The van der Waals surface area contributed by atoms with Crippen LogP contribution in [0.5, 0.6) is 0 Å². The molecule has 1 aliphatic rings. The SMILES string of the molecule is CC(C)CCCCCCOC(=O)OC1CCC(OC(=O)OCCCCCCC(C)C)CC1. The number of carbonyl (C=O) groups excluding carboxylic acids is 2. The monoisotopic (exact) mass is 456 g/mol. The summed E-state index contributed by atoms with van der Waals surface area (Å²) in [5.41, 5.74) is 0. The molecule has 1 aliphatic carbocycles. The van der Waals surface area contributed by atoms with Crippen molar-refractivity contribution in [1.29, 1.82) is 0 Å². The van der Waals surface area contributed by atoms with Crippen LogP contribution in [0.3, 0.4) is 0 Å². The fourth-order valence-corrected chi connectivity index (χ4v) is 3.94. The molecule has 0 aromatic carbocycles. The molecule has 0 atom stereocenters. The Morgan fingerprint density at radius 1 is 0.594 bits per heavy atom. The molecule has 0 N–H and O–H groups in total. The van der Waals surface area contributed by atoms with E-state index in [-0.39, 0.29) is 12.2 Å². The summed E-state index contributed by atoms with van der Waals surface area (Å²) in [6, 6.07) is 0. The van der Waals surface area contributed by atoms with Crippen LogP contribution in [-0.4, -0.2) is 37.7 Å². The van der Waals surface area contributed by atoms with E-state index < -0.39 is 12.3 Å². The van der Waals surface area contributed by atoms with E-state index in [0.29, 0.717) is 38.9 Å². The first-order valence-corrected chi connectivity index (χ1v) is 13.0. The van der Waals surface area contributed by atoms with Crippen molar-refractivity contribution in [2.45, 2.75) is 130 Å². The molecular formula is C26H48O6. The van der Waals surface area contributed by atoms with E-state index >= 15 is 0 Å². The molecule has 6 heteroatoms. The average molecular weight is 457 g/mol. The van der Waals surface area contributed by atoms with Gasteiger partial charge in [-0.1, -0.05) is 79.1 Å². The Kier molecular flexibility index (Phi) is 16.1. The van der Waals surface area contributed by atoms with Gasteiger partial charge >= 0.3 is 12.3 Å². The van der Waals surface area contributed by atoms with Crippen LogP contribution in [0.15, 0.2) is 0 Å². The van der Waals surface area contributed by atoms with E-state index in [4.69, 9.17) is 18.9 Å². The highest BCUT2D eigenvalue weighted by Gasteiger charge is 2.27. The fourth-order valence-electron chi connectivity index (χ4n) is 3.94. The summed E-state index contributed by atoms with van der Waals surface area (Å²) in [4.78, 5) is 23.7. The van der Waals surface area contributed by atoms with Gasteiger partial charge < -0.3 is 18.9 Å². The minimum atomic E-state index is -0.579. The van der Waals surface area contributed by atoms with Gasteiger partial charge in [-0.15, -0.1) is 0 Å². The highest BCUT2D eigenvalue weighted by molar-refractivity contribution is 5.60. The first-order chi connectivity index (χ1) is 15.4. The third kappa shape index (κ3) is 16.2. The van der Waals surface area contributed by atoms with Gasteiger partial charge in [-0.2, -0.15) is 0 Å². The molecule has 6 nitrogen and oxygen atoms in total. The van der Waals surface area contributed by atoms with Crippen molar-refractivity contribution in [2.75, 3.05) is 13.2 Å². The number of hydrogen-bond acceptors (Lipinski definition) is 6. The Labute approximate surface area is 196 Å². The Bertz CT molecular complexity index is 439. The number of rotatable bonds is 16. The van der Waals surface area contributed by atoms with Crippen molar-refractivity contribution in [1.82, 2.24) is 0 Å². The van der Waals surface area contributed by atoms with Gasteiger partial charge in [0.05, 0.1) is 13.2 Å². The molecule has 0 saturated heterocycles. The van der Waals surface area contributed by atoms with Gasteiger partial charge in [0, 0.05) is 0 Å². The molecule has 32 heavy (non-hydrogen) atoms. The summed E-state index contributed by atoms with van der Waals surface area (Å²) in [5.74, 6) is 1.50. The van der Waals surface area contributed by atoms with Crippen LogP contribution in [-0.2, 0) is 18.9 Å². The van der Waals surface area contributed by atoms with Crippen molar-refractivity contribution < 1.29 is 28.5 Å². The zero-order chi connectivity index (χ0) is 23.6. The van der Waals surface area contributed by atoms with Crippen LogP contribution in [0.4, 0.5) is 9.59 Å². The lowest BCUT2D eigenvalue weighted by atomic mass is 9.95. The van der Waals surface area contributed by atoms with Gasteiger partial charge in [0.1, 0.15) is 12.2 Å². The molecule has 0 heterocycles. The molecule has 0 radical (unpaired) electrons. The zero-order valence-corrected chi connectivity index (χ0v) is 21.1. The van der Waals surface area contributed by atoms with Gasteiger partial charge in [0.2, 0.25) is 0 Å². The molecule has 0 unspecified atom stereocenters. The van der Waals surface area contributed by atoms with Crippen LogP contribution in [0.2, 0.25) is 0 Å².